The van der Waals surface area contributed by atoms with Crippen molar-refractivity contribution in [3.63, 3.8) is 0 Å². The number of benzene rings is 2. The molecule has 0 aliphatic carbocycles. The third-order valence-electron chi connectivity index (χ3n) is 3.07. The Morgan fingerprint density at radius 2 is 1.71 bits per heavy atom. The van der Waals surface area contributed by atoms with Gasteiger partial charge in [0.2, 0.25) is 5.91 Å². The van der Waals surface area contributed by atoms with Gasteiger partial charge in [0.1, 0.15) is 0 Å². The maximum atomic E-state index is 13.0. The van der Waals surface area contributed by atoms with E-state index in [-0.39, 0.29) is 24.3 Å². The molecule has 2 rings (SSSR count). The Hall–Kier alpha value is -2.64. The molecule has 2 aromatic rings. The molecule has 0 aliphatic rings. The normalized spacial score (nSPS) is 11.2. The Kier molecular flexibility index (Phi) is 5.38. The standard InChI is InChI=1S/C16H13F5N2O/c17-13-5-4-12(9-14(13)18)23-15(24)6-7-22-11-3-1-2-10(8-11)16(19,20)21/h1-5,8-9,22H,6-7H2,(H,23,24). The number of halogens is 5. The summed E-state index contributed by atoms with van der Waals surface area (Å²) in [7, 11) is 0. The Morgan fingerprint density at radius 1 is 0.958 bits per heavy atom. The number of nitrogens with one attached hydrogen (secondary N) is 2. The predicted molar refractivity (Wildman–Crippen MR) is 79.5 cm³/mol. The largest absolute Gasteiger partial charge is 0.416 e. The Bertz CT molecular complexity index is 731. The highest BCUT2D eigenvalue weighted by atomic mass is 19.4. The molecule has 0 aromatic heterocycles. The molecule has 0 bridgehead atoms. The smallest absolute Gasteiger partial charge is 0.385 e. The number of rotatable bonds is 5. The van der Waals surface area contributed by atoms with Gasteiger partial charge in [-0.3, -0.25) is 4.79 Å². The van der Waals surface area contributed by atoms with E-state index in [1.165, 1.54) is 18.2 Å². The average molecular weight is 344 g/mol. The second-order valence-electron chi connectivity index (χ2n) is 4.93. The summed E-state index contributed by atoms with van der Waals surface area (Å²) in [6, 6.07) is 7.51. The van der Waals surface area contributed by atoms with E-state index in [4.69, 9.17) is 0 Å². The van der Waals surface area contributed by atoms with Gasteiger partial charge in [-0.05, 0) is 30.3 Å². The van der Waals surface area contributed by atoms with Crippen LogP contribution >= 0.6 is 0 Å². The molecular weight excluding hydrogens is 331 g/mol. The van der Waals surface area contributed by atoms with Crippen LogP contribution in [0.5, 0.6) is 0 Å². The molecule has 0 atom stereocenters. The van der Waals surface area contributed by atoms with Crippen LogP contribution in [0.15, 0.2) is 42.5 Å². The lowest BCUT2D eigenvalue weighted by Crippen LogP contribution is -2.16. The molecule has 0 unspecified atom stereocenters. The maximum Gasteiger partial charge on any atom is 0.416 e. The highest BCUT2D eigenvalue weighted by Gasteiger charge is 2.30. The van der Waals surface area contributed by atoms with Crippen molar-refractivity contribution in [1.29, 1.82) is 0 Å². The second-order valence-corrected chi connectivity index (χ2v) is 4.93. The number of carbonyl (C=O) groups is 1. The highest BCUT2D eigenvalue weighted by Crippen LogP contribution is 2.30. The Morgan fingerprint density at radius 3 is 2.38 bits per heavy atom. The van der Waals surface area contributed by atoms with Crippen LogP contribution in [0.3, 0.4) is 0 Å². The first-order valence-corrected chi connectivity index (χ1v) is 6.92. The van der Waals surface area contributed by atoms with Gasteiger partial charge in [0.05, 0.1) is 5.56 Å². The van der Waals surface area contributed by atoms with Crippen molar-refractivity contribution in [2.45, 2.75) is 12.6 Å². The summed E-state index contributed by atoms with van der Waals surface area (Å²) >= 11 is 0. The quantitative estimate of drug-likeness (QED) is 0.788. The van der Waals surface area contributed by atoms with Crippen molar-refractivity contribution in [3.8, 4) is 0 Å². The molecule has 128 valence electrons. The van der Waals surface area contributed by atoms with E-state index in [1.54, 1.807) is 0 Å². The molecule has 0 saturated carbocycles. The minimum Gasteiger partial charge on any atom is -0.385 e. The molecule has 0 heterocycles. The van der Waals surface area contributed by atoms with Gasteiger partial charge in [0.15, 0.2) is 11.6 Å². The fraction of sp³-hybridized carbons (Fsp3) is 0.188. The first kappa shape index (κ1) is 17.7. The lowest BCUT2D eigenvalue weighted by atomic mass is 10.2. The third kappa shape index (κ3) is 4.94. The fourth-order valence-corrected chi connectivity index (χ4v) is 1.92. The zero-order valence-corrected chi connectivity index (χ0v) is 12.3. The van der Waals surface area contributed by atoms with Gasteiger partial charge in [0, 0.05) is 30.4 Å². The number of hydrogen-bond donors (Lipinski definition) is 2. The zero-order valence-electron chi connectivity index (χ0n) is 12.3. The Labute approximate surface area is 134 Å². The monoisotopic (exact) mass is 344 g/mol. The molecule has 0 spiro atoms. The van der Waals surface area contributed by atoms with Crippen molar-refractivity contribution < 1.29 is 26.7 Å². The van der Waals surface area contributed by atoms with Crippen LogP contribution in [0, 0.1) is 11.6 Å². The van der Waals surface area contributed by atoms with Crippen molar-refractivity contribution >= 4 is 17.3 Å². The number of hydrogen-bond acceptors (Lipinski definition) is 2. The van der Waals surface area contributed by atoms with Crippen LogP contribution in [0.4, 0.5) is 33.3 Å². The van der Waals surface area contributed by atoms with Crippen LogP contribution in [0.2, 0.25) is 0 Å². The summed E-state index contributed by atoms with van der Waals surface area (Å²) < 4.78 is 63.5. The lowest BCUT2D eigenvalue weighted by molar-refractivity contribution is -0.137. The van der Waals surface area contributed by atoms with Crippen LogP contribution in [-0.4, -0.2) is 12.5 Å². The number of alkyl halides is 3. The first-order chi connectivity index (χ1) is 11.3. The molecule has 2 N–H and O–H groups in total. The lowest BCUT2D eigenvalue weighted by Gasteiger charge is -2.11. The van der Waals surface area contributed by atoms with Gasteiger partial charge in [-0.2, -0.15) is 13.2 Å². The van der Waals surface area contributed by atoms with E-state index in [0.717, 1.165) is 24.3 Å². The third-order valence-corrected chi connectivity index (χ3v) is 3.07. The molecule has 0 radical (unpaired) electrons. The first-order valence-electron chi connectivity index (χ1n) is 6.92. The van der Waals surface area contributed by atoms with Crippen LogP contribution < -0.4 is 10.6 Å². The van der Waals surface area contributed by atoms with Gasteiger partial charge in [-0.15, -0.1) is 0 Å². The maximum absolute atomic E-state index is 13.0. The van der Waals surface area contributed by atoms with Gasteiger partial charge in [-0.25, -0.2) is 8.78 Å². The fourth-order valence-electron chi connectivity index (χ4n) is 1.92. The van der Waals surface area contributed by atoms with E-state index >= 15 is 0 Å². The molecule has 8 heteroatoms. The van der Waals surface area contributed by atoms with Gasteiger partial charge in [0.25, 0.3) is 0 Å². The van der Waals surface area contributed by atoms with Crippen LogP contribution in [0.25, 0.3) is 0 Å². The van der Waals surface area contributed by atoms with Crippen LogP contribution in [0.1, 0.15) is 12.0 Å². The predicted octanol–water partition coefficient (Wildman–Crippen LogP) is 4.42. The molecule has 0 saturated heterocycles. The topological polar surface area (TPSA) is 41.1 Å². The second kappa shape index (κ2) is 7.29. The van der Waals surface area contributed by atoms with E-state index in [1.807, 2.05) is 0 Å². The summed E-state index contributed by atoms with van der Waals surface area (Å²) in [5.41, 5.74) is -0.470. The summed E-state index contributed by atoms with van der Waals surface area (Å²) in [6.07, 6.45) is -4.50. The van der Waals surface area contributed by atoms with Crippen molar-refractivity contribution in [3.05, 3.63) is 59.7 Å². The van der Waals surface area contributed by atoms with E-state index in [9.17, 15) is 26.7 Å². The van der Waals surface area contributed by atoms with Crippen LogP contribution in [-0.2, 0) is 11.0 Å². The summed E-state index contributed by atoms with van der Waals surface area (Å²) in [5.74, 6) is -2.60. The molecule has 0 fully saturated rings. The van der Waals surface area contributed by atoms with E-state index in [0.29, 0.717) is 0 Å². The van der Waals surface area contributed by atoms with E-state index < -0.39 is 29.3 Å². The minimum absolute atomic E-state index is 0.0603. The SMILES string of the molecule is O=C(CCNc1cccc(C(F)(F)F)c1)Nc1ccc(F)c(F)c1. The van der Waals surface area contributed by atoms with Crippen molar-refractivity contribution in [2.75, 3.05) is 17.2 Å². The number of carbonyl (C=O) groups excluding carboxylic acids is 1. The molecular formula is C16H13F5N2O. The molecule has 3 nitrogen and oxygen atoms in total. The van der Waals surface area contributed by atoms with Gasteiger partial charge in [-0.1, -0.05) is 6.07 Å². The summed E-state index contributed by atoms with van der Waals surface area (Å²) in [4.78, 5) is 11.7. The zero-order chi connectivity index (χ0) is 17.7. The van der Waals surface area contributed by atoms with E-state index in [2.05, 4.69) is 10.6 Å². The average Bonchev–Trinajstić information content (AvgIpc) is 2.50. The molecule has 24 heavy (non-hydrogen) atoms. The summed E-state index contributed by atoms with van der Waals surface area (Å²) in [5, 5.41) is 5.07. The summed E-state index contributed by atoms with van der Waals surface area (Å²) in [6.45, 7) is 0.0802. The number of amides is 1. The molecule has 2 aromatic carbocycles. The van der Waals surface area contributed by atoms with Crippen molar-refractivity contribution in [1.82, 2.24) is 0 Å². The van der Waals surface area contributed by atoms with Crippen molar-refractivity contribution in [2.24, 2.45) is 0 Å². The molecule has 1 amide bonds. The van der Waals surface area contributed by atoms with Gasteiger partial charge < -0.3 is 10.6 Å². The molecule has 0 aliphatic heterocycles. The van der Waals surface area contributed by atoms with Gasteiger partial charge >= 0.3 is 6.18 Å². The number of anilines is 2. The Balaban J connectivity index is 1.85. The minimum atomic E-state index is -4.44. The highest BCUT2D eigenvalue weighted by molar-refractivity contribution is 5.90.